The highest BCUT2D eigenvalue weighted by Gasteiger charge is 2.21. The second-order valence-corrected chi connectivity index (χ2v) is 9.69. The Kier molecular flexibility index (Phi) is 7.89. The Hall–Kier alpha value is -5.62. The van der Waals surface area contributed by atoms with Crippen LogP contribution < -0.4 is 15.6 Å². The van der Waals surface area contributed by atoms with Crippen LogP contribution in [0.5, 0.6) is 5.75 Å². The van der Waals surface area contributed by atoms with Crippen molar-refractivity contribution in [1.82, 2.24) is 19.1 Å². The Bertz CT molecular complexity index is 1890. The summed E-state index contributed by atoms with van der Waals surface area (Å²) in [7, 11) is 1.74. The maximum atomic E-state index is 13.4. The number of ether oxygens (including phenoxy) is 1. The lowest BCUT2D eigenvalue weighted by atomic mass is 10.0. The third-order valence-corrected chi connectivity index (χ3v) is 6.97. The van der Waals surface area contributed by atoms with Gasteiger partial charge >= 0.3 is 0 Å². The Morgan fingerprint density at radius 2 is 1.69 bits per heavy atom. The molecular formula is C33H30N6O3. The zero-order chi connectivity index (χ0) is 29.8. The van der Waals surface area contributed by atoms with Crippen molar-refractivity contribution in [2.75, 3.05) is 11.9 Å². The van der Waals surface area contributed by atoms with E-state index >= 15 is 0 Å². The zero-order valence-electron chi connectivity index (χ0n) is 23.8. The van der Waals surface area contributed by atoms with Crippen LogP contribution in [0.4, 0.5) is 5.69 Å². The van der Waals surface area contributed by atoms with E-state index in [0.29, 0.717) is 29.2 Å². The summed E-state index contributed by atoms with van der Waals surface area (Å²) in [4.78, 5) is 26.7. The predicted molar refractivity (Wildman–Crippen MR) is 163 cm³/mol. The van der Waals surface area contributed by atoms with Gasteiger partial charge in [0.2, 0.25) is 0 Å². The SMILES string of the molecule is CCOc1ccc(-c2nn(-c3ccccc3)cc2/C=C(/C#N)C(=O)Nc2c(C)n(C)n(-c3ccccc3)c2=O)cc1C. The van der Waals surface area contributed by atoms with Gasteiger partial charge in [-0.1, -0.05) is 36.4 Å². The normalized spacial score (nSPS) is 11.3. The number of benzene rings is 3. The highest BCUT2D eigenvalue weighted by molar-refractivity contribution is 6.10. The van der Waals surface area contributed by atoms with E-state index in [4.69, 9.17) is 9.84 Å². The van der Waals surface area contributed by atoms with Gasteiger partial charge in [0.1, 0.15) is 28.8 Å². The van der Waals surface area contributed by atoms with Crippen molar-refractivity contribution in [2.45, 2.75) is 20.8 Å². The third kappa shape index (κ3) is 5.38. The predicted octanol–water partition coefficient (Wildman–Crippen LogP) is 5.59. The molecule has 0 bridgehead atoms. The minimum absolute atomic E-state index is 0.106. The summed E-state index contributed by atoms with van der Waals surface area (Å²) in [6.45, 7) is 6.17. The van der Waals surface area contributed by atoms with Crippen molar-refractivity contribution in [1.29, 1.82) is 5.26 Å². The van der Waals surface area contributed by atoms with Crippen LogP contribution in [0.25, 0.3) is 28.7 Å². The number of nitrogens with one attached hydrogen (secondary N) is 1. The van der Waals surface area contributed by atoms with Crippen molar-refractivity contribution in [2.24, 2.45) is 7.05 Å². The van der Waals surface area contributed by atoms with Crippen LogP contribution in [0.2, 0.25) is 0 Å². The smallest absolute Gasteiger partial charge is 0.295 e. The molecule has 1 N–H and O–H groups in total. The standard InChI is InChI=1S/C33H30N6O3/c1-5-42-29-17-16-24(18-22(29)2)31-26(21-38(36-31)27-12-8-6-9-13-27)19-25(20-34)32(40)35-30-23(3)37(4)39(33(30)41)28-14-10-7-11-15-28/h6-19,21H,5H2,1-4H3,(H,35,40)/b25-19-. The first-order valence-corrected chi connectivity index (χ1v) is 13.5. The number of amides is 1. The van der Waals surface area contributed by atoms with E-state index < -0.39 is 11.5 Å². The molecule has 1 amide bonds. The number of aromatic nitrogens is 4. The van der Waals surface area contributed by atoms with Crippen molar-refractivity contribution in [3.05, 3.63) is 118 Å². The number of nitriles is 1. The van der Waals surface area contributed by atoms with Gasteiger partial charge in [0.25, 0.3) is 11.5 Å². The van der Waals surface area contributed by atoms with Gasteiger partial charge < -0.3 is 10.1 Å². The van der Waals surface area contributed by atoms with E-state index in [1.807, 2.05) is 98.8 Å². The molecule has 5 rings (SSSR count). The van der Waals surface area contributed by atoms with Crippen molar-refractivity contribution in [3.8, 4) is 34.5 Å². The molecule has 9 nitrogen and oxygen atoms in total. The number of anilines is 1. The van der Waals surface area contributed by atoms with Crippen molar-refractivity contribution >= 4 is 17.7 Å². The van der Waals surface area contributed by atoms with Crippen LogP contribution in [0.1, 0.15) is 23.7 Å². The van der Waals surface area contributed by atoms with Gasteiger partial charge in [-0.25, -0.2) is 9.36 Å². The maximum absolute atomic E-state index is 13.4. The van der Waals surface area contributed by atoms with Crippen LogP contribution in [-0.2, 0) is 11.8 Å². The van der Waals surface area contributed by atoms with Gasteiger partial charge in [-0.15, -0.1) is 0 Å². The zero-order valence-corrected chi connectivity index (χ0v) is 23.8. The first-order chi connectivity index (χ1) is 20.3. The summed E-state index contributed by atoms with van der Waals surface area (Å²) in [5, 5.41) is 17.5. The van der Waals surface area contributed by atoms with Gasteiger partial charge in [-0.2, -0.15) is 10.4 Å². The second-order valence-electron chi connectivity index (χ2n) is 9.69. The number of nitrogens with zero attached hydrogens (tertiary/aromatic N) is 5. The molecule has 2 aromatic heterocycles. The molecule has 0 unspecified atom stereocenters. The van der Waals surface area contributed by atoms with Gasteiger partial charge in [0, 0.05) is 24.4 Å². The summed E-state index contributed by atoms with van der Waals surface area (Å²) >= 11 is 0. The highest BCUT2D eigenvalue weighted by atomic mass is 16.5. The molecule has 3 aromatic carbocycles. The van der Waals surface area contributed by atoms with E-state index in [0.717, 1.165) is 22.6 Å². The largest absolute Gasteiger partial charge is 0.494 e. The first kappa shape index (κ1) is 27.9. The minimum atomic E-state index is -0.690. The molecule has 0 fully saturated rings. The topological polar surface area (TPSA) is 107 Å². The summed E-state index contributed by atoms with van der Waals surface area (Å²) < 4.78 is 10.5. The molecule has 0 atom stereocenters. The number of carbonyl (C=O) groups excluding carboxylic acids is 1. The fourth-order valence-electron chi connectivity index (χ4n) is 4.74. The summed E-state index contributed by atoms with van der Waals surface area (Å²) in [6.07, 6.45) is 3.27. The number of carbonyl (C=O) groups is 1. The summed E-state index contributed by atoms with van der Waals surface area (Å²) in [6, 6.07) is 26.5. The molecule has 0 aliphatic rings. The number of rotatable bonds is 8. The van der Waals surface area contributed by atoms with Gasteiger partial charge in [-0.05, 0) is 74.9 Å². The molecule has 0 aliphatic carbocycles. The van der Waals surface area contributed by atoms with Crippen LogP contribution in [0.3, 0.4) is 0 Å². The molecule has 0 saturated heterocycles. The summed E-state index contributed by atoms with van der Waals surface area (Å²) in [5.41, 5.74) is 4.49. The van der Waals surface area contributed by atoms with Crippen LogP contribution in [0, 0.1) is 25.2 Å². The quantitative estimate of drug-likeness (QED) is 0.197. The van der Waals surface area contributed by atoms with Crippen LogP contribution in [0.15, 0.2) is 95.4 Å². The molecule has 2 heterocycles. The maximum Gasteiger partial charge on any atom is 0.295 e. The van der Waals surface area contributed by atoms with E-state index in [1.54, 1.807) is 29.5 Å². The van der Waals surface area contributed by atoms with Gasteiger partial charge in [0.05, 0.1) is 23.7 Å². The fourth-order valence-corrected chi connectivity index (χ4v) is 4.74. The average Bonchev–Trinajstić information content (AvgIpc) is 3.52. The van der Waals surface area contributed by atoms with Gasteiger partial charge in [0.15, 0.2) is 0 Å². The number of hydrogen-bond donors (Lipinski definition) is 1. The van der Waals surface area contributed by atoms with Crippen molar-refractivity contribution < 1.29 is 9.53 Å². The van der Waals surface area contributed by atoms with E-state index in [-0.39, 0.29) is 11.3 Å². The molecule has 0 radical (unpaired) electrons. The third-order valence-electron chi connectivity index (χ3n) is 6.97. The van der Waals surface area contributed by atoms with Crippen molar-refractivity contribution in [3.63, 3.8) is 0 Å². The number of para-hydroxylation sites is 2. The van der Waals surface area contributed by atoms with Crippen LogP contribution >= 0.6 is 0 Å². The first-order valence-electron chi connectivity index (χ1n) is 13.5. The van der Waals surface area contributed by atoms with E-state index in [1.165, 1.54) is 10.8 Å². The summed E-state index contributed by atoms with van der Waals surface area (Å²) in [5.74, 6) is 0.0853. The minimum Gasteiger partial charge on any atom is -0.494 e. The molecule has 0 saturated carbocycles. The fraction of sp³-hybridized carbons (Fsp3) is 0.152. The lowest BCUT2D eigenvalue weighted by Crippen LogP contribution is -2.23. The number of aryl methyl sites for hydroxylation is 1. The number of hydrogen-bond acceptors (Lipinski definition) is 5. The van der Waals surface area contributed by atoms with Gasteiger partial charge in [-0.3, -0.25) is 14.3 Å². The Labute approximate surface area is 243 Å². The average molecular weight is 559 g/mol. The monoisotopic (exact) mass is 558 g/mol. The Morgan fingerprint density at radius 1 is 1.02 bits per heavy atom. The Morgan fingerprint density at radius 3 is 2.31 bits per heavy atom. The highest BCUT2D eigenvalue weighted by Crippen LogP contribution is 2.30. The molecule has 210 valence electrons. The molecule has 0 spiro atoms. The molecule has 0 aliphatic heterocycles. The second kappa shape index (κ2) is 11.9. The molecule has 42 heavy (non-hydrogen) atoms. The van der Waals surface area contributed by atoms with E-state index in [9.17, 15) is 14.9 Å². The molecular weight excluding hydrogens is 528 g/mol. The lowest BCUT2D eigenvalue weighted by molar-refractivity contribution is -0.112. The van der Waals surface area contributed by atoms with Crippen LogP contribution in [-0.4, -0.2) is 31.7 Å². The Balaban J connectivity index is 1.55. The lowest BCUT2D eigenvalue weighted by Gasteiger charge is -2.09. The van der Waals surface area contributed by atoms with E-state index in [2.05, 4.69) is 5.32 Å². The molecule has 9 heteroatoms. The molecule has 5 aromatic rings.